The highest BCUT2D eigenvalue weighted by Crippen LogP contribution is 2.30. The molecule has 0 amide bonds. The monoisotopic (exact) mass is 390 g/mol. The minimum Gasteiger partial charge on any atom is -0.396 e. The quantitative estimate of drug-likeness (QED) is 0.459. The molecule has 6 heteroatoms. The van der Waals surface area contributed by atoms with Crippen molar-refractivity contribution in [1.82, 2.24) is 0 Å². The largest absolute Gasteiger partial charge is 0.396 e. The van der Waals surface area contributed by atoms with E-state index in [2.05, 4.69) is 5.32 Å². The topological polar surface area (TPSA) is 75.4 Å². The van der Waals surface area contributed by atoms with Crippen LogP contribution >= 0.6 is 22.6 Å². The van der Waals surface area contributed by atoms with Gasteiger partial charge < -0.3 is 10.4 Å². The van der Waals surface area contributed by atoms with E-state index in [1.165, 1.54) is 18.9 Å². The van der Waals surface area contributed by atoms with Gasteiger partial charge in [-0.1, -0.05) is 12.8 Å². The molecule has 1 fully saturated rings. The van der Waals surface area contributed by atoms with E-state index < -0.39 is 0 Å². The maximum Gasteiger partial charge on any atom is 0.282 e. The average molecular weight is 390 g/mol. The van der Waals surface area contributed by atoms with Gasteiger partial charge in [-0.05, 0) is 59.4 Å². The number of benzene rings is 1. The third-order valence-corrected chi connectivity index (χ3v) is 4.88. The summed E-state index contributed by atoms with van der Waals surface area (Å²) in [6.45, 7) is 1.07. The van der Waals surface area contributed by atoms with Crippen molar-refractivity contribution >= 4 is 34.0 Å². The first-order valence-corrected chi connectivity index (χ1v) is 7.98. The number of aliphatic hydroxyl groups is 1. The van der Waals surface area contributed by atoms with Crippen molar-refractivity contribution in [3.8, 4) is 0 Å². The molecule has 0 aliphatic heterocycles. The van der Waals surface area contributed by atoms with Crippen molar-refractivity contribution in [1.29, 1.82) is 0 Å². The van der Waals surface area contributed by atoms with Gasteiger partial charge in [0.2, 0.25) is 0 Å². The summed E-state index contributed by atoms with van der Waals surface area (Å²) >= 11 is 1.99. The Morgan fingerprint density at radius 3 is 2.65 bits per heavy atom. The van der Waals surface area contributed by atoms with Crippen LogP contribution in [-0.4, -0.2) is 23.2 Å². The van der Waals surface area contributed by atoms with Crippen LogP contribution in [0.1, 0.15) is 25.7 Å². The van der Waals surface area contributed by atoms with Crippen molar-refractivity contribution < 1.29 is 10.0 Å². The zero-order valence-electron chi connectivity index (χ0n) is 11.2. The van der Waals surface area contributed by atoms with Crippen molar-refractivity contribution in [3.63, 3.8) is 0 Å². The van der Waals surface area contributed by atoms with Crippen molar-refractivity contribution in [2.45, 2.75) is 25.7 Å². The summed E-state index contributed by atoms with van der Waals surface area (Å²) in [4.78, 5) is 10.4. The molecule has 2 atom stereocenters. The molecule has 20 heavy (non-hydrogen) atoms. The molecule has 0 radical (unpaired) electrons. The third kappa shape index (κ3) is 3.82. The van der Waals surface area contributed by atoms with Crippen molar-refractivity contribution in [2.75, 3.05) is 18.5 Å². The number of anilines is 1. The lowest BCUT2D eigenvalue weighted by Crippen LogP contribution is -2.28. The second-order valence-electron chi connectivity index (χ2n) is 5.29. The predicted octanol–water partition coefficient (Wildman–Crippen LogP) is 3.41. The third-order valence-electron chi connectivity index (χ3n) is 4.01. The smallest absolute Gasteiger partial charge is 0.282 e. The summed E-state index contributed by atoms with van der Waals surface area (Å²) in [5.74, 6) is 0.870. The van der Waals surface area contributed by atoms with Gasteiger partial charge >= 0.3 is 0 Å². The summed E-state index contributed by atoms with van der Waals surface area (Å²) in [5, 5.41) is 23.5. The van der Waals surface area contributed by atoms with E-state index in [9.17, 15) is 15.2 Å². The lowest BCUT2D eigenvalue weighted by atomic mass is 9.79. The van der Waals surface area contributed by atoms with Gasteiger partial charge in [-0.25, -0.2) is 0 Å². The van der Waals surface area contributed by atoms with Gasteiger partial charge in [-0.15, -0.1) is 0 Å². The van der Waals surface area contributed by atoms with E-state index in [-0.39, 0.29) is 17.2 Å². The number of halogens is 1. The number of aliphatic hydroxyl groups excluding tert-OH is 1. The number of nitro groups is 1. The molecule has 0 spiro atoms. The Morgan fingerprint density at radius 1 is 1.35 bits per heavy atom. The minimum absolute atomic E-state index is 0.141. The molecule has 1 aliphatic carbocycles. The van der Waals surface area contributed by atoms with Crippen LogP contribution in [0.4, 0.5) is 11.4 Å². The number of hydrogen-bond donors (Lipinski definition) is 2. The molecule has 5 nitrogen and oxygen atoms in total. The second-order valence-corrected chi connectivity index (χ2v) is 6.45. The van der Waals surface area contributed by atoms with Crippen LogP contribution in [0, 0.1) is 25.5 Å². The lowest BCUT2D eigenvalue weighted by molar-refractivity contribution is -0.385. The molecule has 1 aromatic carbocycles. The molecule has 1 saturated carbocycles. The van der Waals surface area contributed by atoms with Crippen LogP contribution < -0.4 is 5.32 Å². The zero-order valence-corrected chi connectivity index (χ0v) is 13.4. The van der Waals surface area contributed by atoms with Gasteiger partial charge in [0.1, 0.15) is 0 Å². The molecule has 1 aliphatic rings. The maximum atomic E-state index is 10.8. The molecule has 110 valence electrons. The highest BCUT2D eigenvalue weighted by atomic mass is 127. The van der Waals surface area contributed by atoms with Gasteiger partial charge in [0, 0.05) is 24.9 Å². The van der Waals surface area contributed by atoms with E-state index in [1.807, 2.05) is 22.6 Å². The molecule has 2 rings (SSSR count). The summed E-state index contributed by atoms with van der Waals surface area (Å²) < 4.78 is 0.639. The van der Waals surface area contributed by atoms with Crippen LogP contribution in [0.3, 0.4) is 0 Å². The fraction of sp³-hybridized carbons (Fsp3) is 0.571. The van der Waals surface area contributed by atoms with Crippen LogP contribution in [-0.2, 0) is 0 Å². The van der Waals surface area contributed by atoms with Crippen molar-refractivity contribution in [3.05, 3.63) is 31.9 Å². The van der Waals surface area contributed by atoms with Crippen LogP contribution in [0.25, 0.3) is 0 Å². The normalized spacial score (nSPS) is 22.5. The number of nitro benzene ring substituents is 1. The standard InChI is InChI=1S/C14H19IN2O3/c15-13-7-12(5-6-14(13)17(19)20)16-8-10-3-1-2-4-11(10)9-18/h5-7,10-11,16,18H,1-4,8-9H2. The molecule has 0 bridgehead atoms. The van der Waals surface area contributed by atoms with E-state index in [0.717, 1.165) is 25.1 Å². The first-order chi connectivity index (χ1) is 9.61. The molecular weight excluding hydrogens is 371 g/mol. The number of nitrogens with one attached hydrogen (secondary N) is 1. The number of nitrogens with zero attached hydrogens (tertiary/aromatic N) is 1. The first-order valence-electron chi connectivity index (χ1n) is 6.90. The molecular formula is C14H19IN2O3. The SMILES string of the molecule is O=[N+]([O-])c1ccc(NCC2CCCCC2CO)cc1I. The minimum atomic E-state index is -0.367. The molecule has 0 aromatic heterocycles. The van der Waals surface area contributed by atoms with Crippen molar-refractivity contribution in [2.24, 2.45) is 11.8 Å². The molecule has 2 N–H and O–H groups in total. The Bertz CT molecular complexity index is 481. The maximum absolute atomic E-state index is 10.8. The van der Waals surface area contributed by atoms with E-state index in [1.54, 1.807) is 12.1 Å². The summed E-state index contributed by atoms with van der Waals surface area (Å²) in [6.07, 6.45) is 4.67. The Morgan fingerprint density at radius 2 is 2.05 bits per heavy atom. The zero-order chi connectivity index (χ0) is 14.5. The van der Waals surface area contributed by atoms with E-state index >= 15 is 0 Å². The average Bonchev–Trinajstić information content (AvgIpc) is 2.45. The van der Waals surface area contributed by atoms with E-state index in [0.29, 0.717) is 15.4 Å². The van der Waals surface area contributed by atoms with Crippen LogP contribution in [0.5, 0.6) is 0 Å². The molecule has 0 heterocycles. The van der Waals surface area contributed by atoms with E-state index in [4.69, 9.17) is 0 Å². The van der Waals surface area contributed by atoms with Gasteiger partial charge in [-0.2, -0.15) is 0 Å². The fourth-order valence-electron chi connectivity index (χ4n) is 2.81. The molecule has 1 aromatic rings. The summed E-state index contributed by atoms with van der Waals surface area (Å²) in [7, 11) is 0. The Labute approximate surface area is 132 Å². The molecule has 0 saturated heterocycles. The highest BCUT2D eigenvalue weighted by molar-refractivity contribution is 14.1. The Hall–Kier alpha value is -0.890. The van der Waals surface area contributed by atoms with Gasteiger partial charge in [0.15, 0.2) is 0 Å². The van der Waals surface area contributed by atoms with Crippen LogP contribution in [0.15, 0.2) is 18.2 Å². The Kier molecular flexibility index (Phi) is 5.59. The highest BCUT2D eigenvalue weighted by Gasteiger charge is 2.24. The number of hydrogen-bond acceptors (Lipinski definition) is 4. The summed E-state index contributed by atoms with van der Waals surface area (Å²) in [5.41, 5.74) is 1.05. The van der Waals surface area contributed by atoms with Crippen LogP contribution in [0.2, 0.25) is 0 Å². The van der Waals surface area contributed by atoms with Gasteiger partial charge in [0.25, 0.3) is 5.69 Å². The van der Waals surface area contributed by atoms with Gasteiger partial charge in [-0.3, -0.25) is 10.1 Å². The number of rotatable bonds is 5. The molecule has 2 unspecified atom stereocenters. The first kappa shape index (κ1) is 15.5. The predicted molar refractivity (Wildman–Crippen MR) is 86.8 cm³/mol. The Balaban J connectivity index is 1.96. The lowest BCUT2D eigenvalue weighted by Gasteiger charge is -2.30. The second kappa shape index (κ2) is 7.21. The fourth-order valence-corrected chi connectivity index (χ4v) is 3.52. The summed E-state index contributed by atoms with van der Waals surface area (Å²) in [6, 6.07) is 5.08. The van der Waals surface area contributed by atoms with Gasteiger partial charge in [0.05, 0.1) is 8.49 Å².